The molecule has 1 unspecified atom stereocenters. The van der Waals surface area contributed by atoms with E-state index in [0.29, 0.717) is 36.3 Å². The highest BCUT2D eigenvalue weighted by Crippen LogP contribution is 2.33. The van der Waals surface area contributed by atoms with Crippen LogP contribution in [0.3, 0.4) is 0 Å². The molecular formula is C22H24FN7O. The van der Waals surface area contributed by atoms with Gasteiger partial charge in [0.15, 0.2) is 11.6 Å². The predicted molar refractivity (Wildman–Crippen MR) is 114 cm³/mol. The summed E-state index contributed by atoms with van der Waals surface area (Å²) in [5, 5.41) is 3.36. The highest BCUT2D eigenvalue weighted by molar-refractivity contribution is 5.52. The zero-order chi connectivity index (χ0) is 21.2. The Morgan fingerprint density at radius 2 is 1.87 bits per heavy atom. The van der Waals surface area contributed by atoms with Crippen LogP contribution in [0.4, 0.5) is 16.0 Å². The van der Waals surface area contributed by atoms with Crippen molar-refractivity contribution in [1.29, 1.82) is 0 Å². The summed E-state index contributed by atoms with van der Waals surface area (Å²) in [6, 6.07) is 4.93. The van der Waals surface area contributed by atoms with Gasteiger partial charge in [0.25, 0.3) is 0 Å². The highest BCUT2D eigenvalue weighted by atomic mass is 19.1. The van der Waals surface area contributed by atoms with Crippen LogP contribution in [0.15, 0.2) is 36.8 Å². The Kier molecular flexibility index (Phi) is 5.42. The average molecular weight is 421 g/mol. The molecule has 1 saturated heterocycles. The minimum absolute atomic E-state index is 0.0280. The van der Waals surface area contributed by atoms with E-state index in [1.165, 1.54) is 12.1 Å². The molecule has 5 rings (SSSR count). The smallest absolute Gasteiger partial charge is 0.197 e. The molecule has 1 fully saturated rings. The second-order valence-electron chi connectivity index (χ2n) is 7.85. The van der Waals surface area contributed by atoms with Crippen molar-refractivity contribution in [3.63, 3.8) is 0 Å². The molecule has 3 aromatic heterocycles. The quantitative estimate of drug-likeness (QED) is 0.687. The van der Waals surface area contributed by atoms with Crippen LogP contribution in [0, 0.1) is 5.82 Å². The van der Waals surface area contributed by atoms with E-state index in [2.05, 4.69) is 32.1 Å². The van der Waals surface area contributed by atoms with Gasteiger partial charge in [0, 0.05) is 68.5 Å². The molecule has 2 aliphatic heterocycles. The highest BCUT2D eigenvalue weighted by Gasteiger charge is 2.28. The Morgan fingerprint density at radius 3 is 2.68 bits per heavy atom. The van der Waals surface area contributed by atoms with E-state index in [4.69, 9.17) is 14.7 Å². The Hall–Kier alpha value is -3.20. The first kappa shape index (κ1) is 19.7. The number of rotatable bonds is 4. The Balaban J connectivity index is 1.39. The van der Waals surface area contributed by atoms with E-state index in [1.807, 2.05) is 6.20 Å². The maximum atomic E-state index is 14.4. The van der Waals surface area contributed by atoms with Crippen molar-refractivity contribution >= 4 is 11.6 Å². The zero-order valence-corrected chi connectivity index (χ0v) is 17.3. The van der Waals surface area contributed by atoms with Crippen LogP contribution in [0.25, 0.3) is 11.6 Å². The van der Waals surface area contributed by atoms with Crippen molar-refractivity contribution in [1.82, 2.24) is 24.9 Å². The van der Waals surface area contributed by atoms with Gasteiger partial charge in [-0.25, -0.2) is 29.3 Å². The third-order valence-electron chi connectivity index (χ3n) is 5.82. The van der Waals surface area contributed by atoms with Gasteiger partial charge in [0.2, 0.25) is 0 Å². The Labute approximate surface area is 180 Å². The summed E-state index contributed by atoms with van der Waals surface area (Å²) >= 11 is 0. The van der Waals surface area contributed by atoms with Gasteiger partial charge in [0.05, 0.1) is 11.7 Å². The zero-order valence-electron chi connectivity index (χ0n) is 17.3. The fourth-order valence-corrected chi connectivity index (χ4v) is 4.15. The van der Waals surface area contributed by atoms with E-state index in [0.717, 1.165) is 37.3 Å². The first-order chi connectivity index (χ1) is 15.2. The molecule has 31 heavy (non-hydrogen) atoms. The van der Waals surface area contributed by atoms with Crippen LogP contribution < -0.4 is 10.2 Å². The summed E-state index contributed by atoms with van der Waals surface area (Å²) in [4.78, 5) is 24.4. The van der Waals surface area contributed by atoms with Crippen LogP contribution in [0.1, 0.15) is 37.1 Å². The number of ether oxygens (including phenoxy) is 1. The number of pyridine rings is 1. The third kappa shape index (κ3) is 4.18. The molecule has 9 heteroatoms. The number of nitrogens with zero attached hydrogens (tertiary/aromatic N) is 6. The number of hydrogen-bond donors (Lipinski definition) is 1. The monoisotopic (exact) mass is 421 g/mol. The average Bonchev–Trinajstić information content (AvgIpc) is 2.80. The molecule has 1 N–H and O–H groups in total. The SMILES string of the molecule is CC1c2cnc(-c3ncccn3)nc2CCN1c1cc(F)cc(NC2CCOCC2)n1. The van der Waals surface area contributed by atoms with E-state index in [-0.39, 0.29) is 17.9 Å². The lowest BCUT2D eigenvalue weighted by molar-refractivity contribution is 0.0904. The Morgan fingerprint density at radius 1 is 1.06 bits per heavy atom. The molecule has 2 aliphatic rings. The second kappa shape index (κ2) is 8.50. The first-order valence-corrected chi connectivity index (χ1v) is 10.6. The standard InChI is InChI=1S/C22H24FN7O/c1-14-17-13-26-22(21-24-6-2-7-25-21)28-18(17)3-8-30(14)20-12-15(23)11-19(29-20)27-16-4-9-31-10-5-16/h2,6-7,11-14,16H,3-5,8-10H2,1H3,(H,27,29). The lowest BCUT2D eigenvalue weighted by atomic mass is 9.99. The fourth-order valence-electron chi connectivity index (χ4n) is 4.15. The van der Waals surface area contributed by atoms with Crippen molar-refractivity contribution < 1.29 is 9.13 Å². The van der Waals surface area contributed by atoms with E-state index in [1.54, 1.807) is 18.5 Å². The molecule has 1 atom stereocenters. The number of fused-ring (bicyclic) bond motifs is 1. The number of hydrogen-bond acceptors (Lipinski definition) is 8. The lowest BCUT2D eigenvalue weighted by Gasteiger charge is -2.35. The number of aromatic nitrogens is 5. The van der Waals surface area contributed by atoms with Gasteiger partial charge in [0.1, 0.15) is 17.5 Å². The predicted octanol–water partition coefficient (Wildman–Crippen LogP) is 3.18. The summed E-state index contributed by atoms with van der Waals surface area (Å²) in [5.74, 6) is 1.91. The van der Waals surface area contributed by atoms with E-state index in [9.17, 15) is 4.39 Å². The van der Waals surface area contributed by atoms with Crippen LogP contribution in [-0.2, 0) is 11.2 Å². The molecule has 0 saturated carbocycles. The summed E-state index contributed by atoms with van der Waals surface area (Å²) < 4.78 is 19.8. The molecule has 5 heterocycles. The lowest BCUT2D eigenvalue weighted by Crippen LogP contribution is -2.35. The van der Waals surface area contributed by atoms with Crippen molar-refractivity contribution in [3.05, 3.63) is 53.9 Å². The van der Waals surface area contributed by atoms with Crippen LogP contribution >= 0.6 is 0 Å². The molecule has 0 radical (unpaired) electrons. The summed E-state index contributed by atoms with van der Waals surface area (Å²) in [5.41, 5.74) is 1.98. The molecule has 3 aromatic rings. The number of nitrogens with one attached hydrogen (secondary N) is 1. The number of anilines is 2. The van der Waals surface area contributed by atoms with Gasteiger partial charge in [-0.2, -0.15) is 0 Å². The van der Waals surface area contributed by atoms with Gasteiger partial charge in [-0.05, 0) is 25.8 Å². The van der Waals surface area contributed by atoms with Crippen molar-refractivity contribution in [3.8, 4) is 11.6 Å². The second-order valence-corrected chi connectivity index (χ2v) is 7.85. The van der Waals surface area contributed by atoms with Crippen molar-refractivity contribution in [2.75, 3.05) is 30.0 Å². The maximum absolute atomic E-state index is 14.4. The molecule has 0 spiro atoms. The van der Waals surface area contributed by atoms with Crippen molar-refractivity contribution in [2.24, 2.45) is 0 Å². The molecule has 0 aromatic carbocycles. The van der Waals surface area contributed by atoms with Gasteiger partial charge >= 0.3 is 0 Å². The summed E-state index contributed by atoms with van der Waals surface area (Å²) in [6.45, 7) is 4.19. The Bertz CT molecular complexity index is 1060. The van der Waals surface area contributed by atoms with Crippen LogP contribution in [-0.4, -0.2) is 50.7 Å². The topological polar surface area (TPSA) is 89.0 Å². The normalized spacial score (nSPS) is 19.2. The van der Waals surface area contributed by atoms with Gasteiger partial charge in [-0.3, -0.25) is 0 Å². The van der Waals surface area contributed by atoms with Crippen LogP contribution in [0.2, 0.25) is 0 Å². The molecule has 0 bridgehead atoms. The summed E-state index contributed by atoms with van der Waals surface area (Å²) in [7, 11) is 0. The molecule has 0 amide bonds. The van der Waals surface area contributed by atoms with Crippen molar-refractivity contribution in [2.45, 2.75) is 38.3 Å². The molecule has 0 aliphatic carbocycles. The molecule has 8 nitrogen and oxygen atoms in total. The fraction of sp³-hybridized carbons (Fsp3) is 0.409. The number of halogens is 1. The maximum Gasteiger partial charge on any atom is 0.197 e. The third-order valence-corrected chi connectivity index (χ3v) is 5.82. The minimum Gasteiger partial charge on any atom is -0.381 e. The van der Waals surface area contributed by atoms with Gasteiger partial charge in [-0.1, -0.05) is 0 Å². The van der Waals surface area contributed by atoms with E-state index < -0.39 is 0 Å². The summed E-state index contributed by atoms with van der Waals surface area (Å²) in [6.07, 6.45) is 7.68. The van der Waals surface area contributed by atoms with Gasteiger partial charge in [-0.15, -0.1) is 0 Å². The molecule has 160 valence electrons. The largest absolute Gasteiger partial charge is 0.381 e. The molecular weight excluding hydrogens is 397 g/mol. The van der Waals surface area contributed by atoms with Crippen LogP contribution in [0.5, 0.6) is 0 Å². The minimum atomic E-state index is -0.301. The first-order valence-electron chi connectivity index (χ1n) is 10.6. The van der Waals surface area contributed by atoms with Gasteiger partial charge < -0.3 is 15.0 Å². The van der Waals surface area contributed by atoms with E-state index >= 15 is 0 Å².